The minimum Gasteiger partial charge on any atom is -0.497 e. The summed E-state index contributed by atoms with van der Waals surface area (Å²) in [6.45, 7) is 1.06. The van der Waals surface area contributed by atoms with Crippen LogP contribution in [0.2, 0.25) is 0 Å². The van der Waals surface area contributed by atoms with Crippen molar-refractivity contribution < 1.29 is 19.0 Å². The van der Waals surface area contributed by atoms with Gasteiger partial charge in [0.05, 0.1) is 25.2 Å². The quantitative estimate of drug-likeness (QED) is 0.650. The van der Waals surface area contributed by atoms with Crippen molar-refractivity contribution in [1.29, 1.82) is 0 Å². The zero-order valence-electron chi connectivity index (χ0n) is 17.0. The van der Waals surface area contributed by atoms with Crippen molar-refractivity contribution in [2.45, 2.75) is 18.3 Å². The second kappa shape index (κ2) is 8.54. The van der Waals surface area contributed by atoms with E-state index in [9.17, 15) is 4.79 Å². The highest BCUT2D eigenvalue weighted by Crippen LogP contribution is 2.36. The van der Waals surface area contributed by atoms with Gasteiger partial charge in [-0.2, -0.15) is 4.98 Å². The number of hydrogen-bond acceptors (Lipinski definition) is 6. The number of carbonyl (C=O) groups excluding carboxylic acids is 1. The van der Waals surface area contributed by atoms with E-state index in [-0.39, 0.29) is 11.9 Å². The number of nitrogens with zero attached hydrogens (tertiary/aromatic N) is 2. The number of carbonyl (C=O) groups is 1. The van der Waals surface area contributed by atoms with Gasteiger partial charge < -0.3 is 14.2 Å². The number of benzene rings is 2. The van der Waals surface area contributed by atoms with Crippen LogP contribution in [0, 0.1) is 0 Å². The topological polar surface area (TPSA) is 98.4 Å². The zero-order chi connectivity index (χ0) is 21.0. The Morgan fingerprint density at radius 1 is 1.10 bits per heavy atom. The van der Waals surface area contributed by atoms with Gasteiger partial charge in [0.1, 0.15) is 11.5 Å². The lowest BCUT2D eigenvalue weighted by molar-refractivity contribution is -0.125. The molecule has 1 aliphatic rings. The van der Waals surface area contributed by atoms with Crippen molar-refractivity contribution in [3.63, 3.8) is 0 Å². The van der Waals surface area contributed by atoms with Crippen LogP contribution in [0.1, 0.15) is 18.4 Å². The van der Waals surface area contributed by atoms with E-state index in [4.69, 9.17) is 14.2 Å². The van der Waals surface area contributed by atoms with Crippen molar-refractivity contribution in [2.75, 3.05) is 32.8 Å². The fourth-order valence-corrected chi connectivity index (χ4v) is 3.78. The molecule has 0 bridgehead atoms. The monoisotopic (exact) mass is 408 g/mol. The first-order valence-corrected chi connectivity index (χ1v) is 9.76. The summed E-state index contributed by atoms with van der Waals surface area (Å²) < 4.78 is 16.2. The molecule has 0 unspecified atom stereocenters. The summed E-state index contributed by atoms with van der Waals surface area (Å²) in [5, 5.41) is 9.95. The smallest absolute Gasteiger partial charge is 0.249 e. The van der Waals surface area contributed by atoms with Crippen molar-refractivity contribution in [1.82, 2.24) is 15.2 Å². The first kappa shape index (κ1) is 19.9. The van der Waals surface area contributed by atoms with E-state index in [1.54, 1.807) is 20.3 Å². The van der Waals surface area contributed by atoms with Gasteiger partial charge in [-0.15, -0.1) is 5.10 Å². The molecule has 0 spiro atoms. The number of aromatic amines is 1. The molecule has 1 aliphatic heterocycles. The van der Waals surface area contributed by atoms with Gasteiger partial charge in [0.2, 0.25) is 11.9 Å². The molecule has 0 aliphatic carbocycles. The number of aromatic nitrogens is 3. The van der Waals surface area contributed by atoms with E-state index < -0.39 is 5.41 Å². The maximum Gasteiger partial charge on any atom is 0.249 e. The average Bonchev–Trinajstić information content (AvgIpc) is 3.27. The van der Waals surface area contributed by atoms with Crippen LogP contribution in [-0.2, 0) is 14.9 Å². The van der Waals surface area contributed by atoms with Gasteiger partial charge in [0.15, 0.2) is 5.82 Å². The van der Waals surface area contributed by atoms with Crippen molar-refractivity contribution >= 4 is 11.9 Å². The molecule has 0 atom stereocenters. The van der Waals surface area contributed by atoms with Crippen LogP contribution >= 0.6 is 0 Å². The molecule has 2 aromatic carbocycles. The van der Waals surface area contributed by atoms with Crippen LogP contribution in [0.4, 0.5) is 5.95 Å². The van der Waals surface area contributed by atoms with Crippen LogP contribution in [0.5, 0.6) is 11.5 Å². The Kier molecular flexibility index (Phi) is 5.67. The van der Waals surface area contributed by atoms with Crippen LogP contribution in [0.15, 0.2) is 48.5 Å². The lowest BCUT2D eigenvalue weighted by Gasteiger charge is -2.35. The van der Waals surface area contributed by atoms with Gasteiger partial charge in [0.25, 0.3) is 0 Å². The number of methoxy groups -OCH3 is 2. The van der Waals surface area contributed by atoms with Crippen molar-refractivity contribution in [2.24, 2.45) is 0 Å². The Morgan fingerprint density at radius 2 is 1.87 bits per heavy atom. The fraction of sp³-hybridized carbons (Fsp3) is 0.318. The predicted molar refractivity (Wildman–Crippen MR) is 112 cm³/mol. The van der Waals surface area contributed by atoms with E-state index in [1.165, 1.54) is 0 Å². The van der Waals surface area contributed by atoms with Crippen LogP contribution in [0.25, 0.3) is 11.4 Å². The minimum atomic E-state index is -0.669. The summed E-state index contributed by atoms with van der Waals surface area (Å²) >= 11 is 0. The van der Waals surface area contributed by atoms with E-state index in [0.29, 0.717) is 43.4 Å². The summed E-state index contributed by atoms with van der Waals surface area (Å²) in [6.07, 6.45) is 1.21. The first-order valence-electron chi connectivity index (χ1n) is 9.76. The maximum absolute atomic E-state index is 13.3. The summed E-state index contributed by atoms with van der Waals surface area (Å²) in [5.41, 5.74) is 1.02. The van der Waals surface area contributed by atoms with E-state index in [1.807, 2.05) is 42.5 Å². The Hall–Kier alpha value is -3.39. The van der Waals surface area contributed by atoms with Crippen LogP contribution in [-0.4, -0.2) is 48.5 Å². The van der Waals surface area contributed by atoms with E-state index in [0.717, 1.165) is 11.1 Å². The first-order chi connectivity index (χ1) is 14.7. The zero-order valence-corrected chi connectivity index (χ0v) is 17.0. The van der Waals surface area contributed by atoms with E-state index in [2.05, 4.69) is 20.5 Å². The molecule has 156 valence electrons. The predicted octanol–water partition coefficient (Wildman–Crippen LogP) is 3.18. The standard InChI is InChI=1S/C22H24N4O4/c1-28-16-8-9-17(18(14-16)29-2)19-23-21(26-25-19)24-20(27)22(10-12-30-13-11-22)15-6-4-3-5-7-15/h3-9,14H,10-13H2,1-2H3,(H2,23,24,25,26,27). The molecule has 1 amide bonds. The molecule has 0 saturated carbocycles. The molecule has 30 heavy (non-hydrogen) atoms. The largest absolute Gasteiger partial charge is 0.497 e. The Balaban J connectivity index is 1.59. The molecule has 3 aromatic rings. The molecule has 1 saturated heterocycles. The lowest BCUT2D eigenvalue weighted by Crippen LogP contribution is -2.45. The molecule has 1 fully saturated rings. The third-order valence-corrected chi connectivity index (χ3v) is 5.48. The summed E-state index contributed by atoms with van der Waals surface area (Å²) in [4.78, 5) is 17.8. The van der Waals surface area contributed by atoms with Gasteiger partial charge in [-0.25, -0.2) is 0 Å². The molecular formula is C22H24N4O4. The maximum atomic E-state index is 13.3. The van der Waals surface area contributed by atoms with Crippen LogP contribution in [0.3, 0.4) is 0 Å². The lowest BCUT2D eigenvalue weighted by atomic mass is 9.73. The van der Waals surface area contributed by atoms with Crippen molar-refractivity contribution in [3.8, 4) is 22.9 Å². The Morgan fingerprint density at radius 3 is 2.57 bits per heavy atom. The molecular weight excluding hydrogens is 384 g/mol. The number of anilines is 1. The average molecular weight is 408 g/mol. The second-order valence-corrected chi connectivity index (χ2v) is 7.09. The van der Waals surface area contributed by atoms with Gasteiger partial charge in [-0.1, -0.05) is 30.3 Å². The molecule has 8 nitrogen and oxygen atoms in total. The number of amides is 1. The Bertz CT molecular complexity index is 1010. The normalized spacial score (nSPS) is 15.4. The second-order valence-electron chi connectivity index (χ2n) is 7.09. The highest BCUT2D eigenvalue weighted by Gasteiger charge is 2.42. The SMILES string of the molecule is COc1ccc(-c2nc(NC(=O)C3(c4ccccc4)CCOCC3)n[nH]2)c(OC)c1. The third kappa shape index (κ3) is 3.73. The molecule has 8 heteroatoms. The van der Waals surface area contributed by atoms with Gasteiger partial charge in [-0.3, -0.25) is 15.2 Å². The van der Waals surface area contributed by atoms with Gasteiger partial charge in [-0.05, 0) is 30.5 Å². The van der Waals surface area contributed by atoms with E-state index >= 15 is 0 Å². The summed E-state index contributed by atoms with van der Waals surface area (Å²) in [7, 11) is 3.17. The fourth-order valence-electron chi connectivity index (χ4n) is 3.78. The molecule has 4 rings (SSSR count). The third-order valence-electron chi connectivity index (χ3n) is 5.48. The highest BCUT2D eigenvalue weighted by molar-refractivity contribution is 5.98. The molecule has 1 aromatic heterocycles. The number of ether oxygens (including phenoxy) is 3. The number of H-pyrrole nitrogens is 1. The highest BCUT2D eigenvalue weighted by atomic mass is 16.5. The van der Waals surface area contributed by atoms with Crippen LogP contribution < -0.4 is 14.8 Å². The van der Waals surface area contributed by atoms with Crippen molar-refractivity contribution in [3.05, 3.63) is 54.1 Å². The van der Waals surface area contributed by atoms with Gasteiger partial charge in [0, 0.05) is 19.3 Å². The van der Waals surface area contributed by atoms with Gasteiger partial charge >= 0.3 is 0 Å². The molecule has 0 radical (unpaired) electrons. The summed E-state index contributed by atoms with van der Waals surface area (Å²) in [5.74, 6) is 1.84. The number of hydrogen-bond donors (Lipinski definition) is 2. The number of rotatable bonds is 6. The summed E-state index contributed by atoms with van der Waals surface area (Å²) in [6, 6.07) is 15.2. The Labute approximate surface area is 174 Å². The molecule has 2 N–H and O–H groups in total. The molecule has 2 heterocycles. The number of nitrogens with one attached hydrogen (secondary N) is 2. The minimum absolute atomic E-state index is 0.135.